The third kappa shape index (κ3) is 8.70. The minimum Gasteiger partial charge on any atom is -0.508 e. The smallest absolute Gasteiger partial charge is 0.268 e. The number of ether oxygens (including phenoxy) is 2. The van der Waals surface area contributed by atoms with Crippen LogP contribution in [0.3, 0.4) is 0 Å². The number of phenolic OH excluding ortho intramolecular Hbond substituents is 1. The molecule has 0 amide bonds. The van der Waals surface area contributed by atoms with Crippen molar-refractivity contribution in [1.82, 2.24) is 0 Å². The number of aromatic hydroxyl groups is 1. The van der Waals surface area contributed by atoms with Crippen molar-refractivity contribution in [2.75, 3.05) is 13.2 Å². The zero-order chi connectivity index (χ0) is 45.0. The number of guanidine groups is 1. The summed E-state index contributed by atoms with van der Waals surface area (Å²) in [5, 5.41) is 42.4. The number of nitrogens with two attached hydrogens (primary N) is 2. The van der Waals surface area contributed by atoms with Crippen LogP contribution in [0, 0.1) is 41.4 Å². The molecule has 11 rings (SSSR count). The number of hydrogen-bond acceptors (Lipinski definition) is 9. The van der Waals surface area contributed by atoms with Gasteiger partial charge >= 0.3 is 0 Å². The maximum absolute atomic E-state index is 14.2. The van der Waals surface area contributed by atoms with E-state index >= 15 is 0 Å². The Kier molecular flexibility index (Phi) is 12.4. The minimum atomic E-state index is -4.66. The summed E-state index contributed by atoms with van der Waals surface area (Å²) in [4.78, 5) is 4.89. The summed E-state index contributed by atoms with van der Waals surface area (Å²) in [5.41, 5.74) is 15.9. The maximum Gasteiger partial charge on any atom is 0.268 e. The summed E-state index contributed by atoms with van der Waals surface area (Å²) in [6, 6.07) is 18.9. The first-order chi connectivity index (χ1) is 30.7. The number of aliphatic hydroxyl groups excluding tert-OH is 2. The van der Waals surface area contributed by atoms with Gasteiger partial charge in [0.2, 0.25) is 5.72 Å². The molecule has 11 atom stereocenters. The molecule has 2 fully saturated rings. The van der Waals surface area contributed by atoms with E-state index in [1.165, 1.54) is 0 Å². The van der Waals surface area contributed by atoms with Crippen molar-refractivity contribution >= 4 is 16.1 Å². The molecule has 8 aliphatic rings. The first-order valence-electron chi connectivity index (χ1n) is 23.3. The van der Waals surface area contributed by atoms with E-state index in [2.05, 4.69) is 24.8 Å². The first kappa shape index (κ1) is 44.8. The van der Waals surface area contributed by atoms with E-state index in [1.807, 2.05) is 48.5 Å². The van der Waals surface area contributed by atoms with Gasteiger partial charge in [-0.3, -0.25) is 4.55 Å². The van der Waals surface area contributed by atoms with E-state index in [4.69, 9.17) is 25.9 Å². The summed E-state index contributed by atoms with van der Waals surface area (Å²) in [5.74, 6) is 5.04. The van der Waals surface area contributed by atoms with Crippen LogP contribution in [-0.2, 0) is 27.0 Å². The Hall–Kier alpha value is -4.42. The molecule has 1 saturated carbocycles. The molecule has 12 nitrogen and oxygen atoms in total. The molecule has 0 spiro atoms. The third-order valence-corrected chi connectivity index (χ3v) is 17.1. The Labute approximate surface area is 376 Å². The Bertz CT molecular complexity index is 2450. The van der Waals surface area contributed by atoms with E-state index in [1.54, 1.807) is 12.1 Å². The molecule has 3 aromatic carbocycles. The number of nitrogens with zero attached hydrogens (tertiary/aromatic N) is 1. The second-order valence-electron chi connectivity index (χ2n) is 19.8. The van der Waals surface area contributed by atoms with Crippen LogP contribution in [0.2, 0.25) is 0 Å². The number of fused-ring (bicyclic) bond motifs is 9. The Balaban J connectivity index is 1.26. The van der Waals surface area contributed by atoms with Crippen LogP contribution in [0.4, 0.5) is 0 Å². The zero-order valence-corrected chi connectivity index (χ0v) is 37.4. The fourth-order valence-corrected chi connectivity index (χ4v) is 13.7. The van der Waals surface area contributed by atoms with E-state index in [0.29, 0.717) is 61.8 Å². The van der Waals surface area contributed by atoms with Crippen LogP contribution in [0.1, 0.15) is 135 Å². The molecule has 13 heteroatoms. The molecule has 9 N–H and O–H groups in total. The number of aliphatic imine (C=N–C) groups is 1. The second-order valence-corrected chi connectivity index (χ2v) is 21.4. The van der Waals surface area contributed by atoms with Gasteiger partial charge in [-0.25, -0.2) is 4.99 Å². The molecule has 10 bridgehead atoms. The molecule has 64 heavy (non-hydrogen) atoms. The molecule has 5 aliphatic heterocycles. The Morgan fingerprint density at radius 3 is 2.48 bits per heavy atom. The molecule has 0 radical (unpaired) electrons. The van der Waals surface area contributed by atoms with Gasteiger partial charge in [-0.1, -0.05) is 74.1 Å². The highest BCUT2D eigenvalue weighted by atomic mass is 32.2. The van der Waals surface area contributed by atoms with Crippen molar-refractivity contribution in [3.8, 4) is 23.3 Å². The van der Waals surface area contributed by atoms with Crippen LogP contribution in [0.5, 0.6) is 11.5 Å². The lowest BCUT2D eigenvalue weighted by Crippen LogP contribution is -2.44. The molecule has 1 saturated heterocycles. The number of phenols is 1. The quantitative estimate of drug-likeness (QED) is 0.0408. The zero-order valence-electron chi connectivity index (χ0n) is 36.6. The van der Waals surface area contributed by atoms with Crippen molar-refractivity contribution in [1.29, 1.82) is 0 Å². The van der Waals surface area contributed by atoms with Gasteiger partial charge in [0, 0.05) is 48.7 Å². The van der Waals surface area contributed by atoms with E-state index in [9.17, 15) is 33.4 Å². The lowest BCUT2D eigenvalue weighted by atomic mass is 9.64. The molecule has 342 valence electrons. The minimum absolute atomic E-state index is 0.0721. The molecule has 3 aliphatic carbocycles. The Morgan fingerprint density at radius 1 is 1.00 bits per heavy atom. The number of aryl methyl sites for hydroxylation is 1. The topological polar surface area (TPSA) is 218 Å². The van der Waals surface area contributed by atoms with Gasteiger partial charge in [-0.05, 0) is 140 Å². The third-order valence-electron chi connectivity index (χ3n) is 15.8. The maximum atomic E-state index is 14.2. The number of rotatable bonds is 8. The monoisotopic (exact) mass is 893 g/mol. The summed E-state index contributed by atoms with van der Waals surface area (Å²) < 4.78 is 54.1. The number of benzene rings is 3. The van der Waals surface area contributed by atoms with Crippen LogP contribution >= 0.6 is 0 Å². The average Bonchev–Trinajstić information content (AvgIpc) is 3.65. The molecular formula is C51H63N3O9S. The van der Waals surface area contributed by atoms with E-state index in [0.717, 1.165) is 53.5 Å². The van der Waals surface area contributed by atoms with Crippen molar-refractivity contribution in [2.45, 2.75) is 131 Å². The summed E-state index contributed by atoms with van der Waals surface area (Å²) in [7, 11) is -4.66. The van der Waals surface area contributed by atoms with Gasteiger partial charge in [0.1, 0.15) is 17.6 Å². The van der Waals surface area contributed by atoms with Gasteiger partial charge in [0.15, 0.2) is 5.96 Å². The van der Waals surface area contributed by atoms with Crippen molar-refractivity contribution in [2.24, 2.45) is 46.0 Å². The Morgan fingerprint density at radius 2 is 1.77 bits per heavy atom. The largest absolute Gasteiger partial charge is 0.508 e. The predicted molar refractivity (Wildman–Crippen MR) is 244 cm³/mol. The molecule has 5 heterocycles. The summed E-state index contributed by atoms with van der Waals surface area (Å²) in [6.07, 6.45) is 8.46. The van der Waals surface area contributed by atoms with Gasteiger partial charge in [-0.15, -0.1) is 0 Å². The van der Waals surface area contributed by atoms with Crippen LogP contribution in [0.25, 0.3) is 0 Å². The lowest BCUT2D eigenvalue weighted by Gasteiger charge is -2.42. The normalized spacial score (nSPS) is 32.1. The molecule has 11 unspecified atom stereocenters. The highest BCUT2D eigenvalue weighted by molar-refractivity contribution is 7.86. The SMILES string of the molecule is CC1CCc2cc3ccc2C1CC(S(=O)(=O)O)C1C=C2CC(CC4CC(CO)CC#Cc5cc(O)ccc5C2O4)C1c1ccc(cc1)C(CC(CCO)C1(O)CCCC1)(N=C(N)N)O3. The standard InChI is InChI=1S/C51H63N3O9S/c1-30-7-8-34-24-40-14-16-42(34)44(30)27-46(64(59,60)61)45-26-36-22-35(25-41-21-31(29-56)5-4-6-33-23-39(57)13-15-43(33)48(36)62-41)47(45)32-9-11-37(12-10-32)51(63-40,54-49(52)53)28-38(17-20-55)50(58)18-2-3-19-50/h9-16,23-24,26,30-31,35,38,41,44-48,55-58H,2-3,5,7-8,17-22,25,27-29H2,1H3,(H4,52,53,54)(H,59,60,61). The number of aliphatic hydroxyl groups is 3. The van der Waals surface area contributed by atoms with Gasteiger partial charge in [-0.2, -0.15) is 8.42 Å². The van der Waals surface area contributed by atoms with Gasteiger partial charge < -0.3 is 41.4 Å². The number of hydrogen-bond donors (Lipinski definition) is 7. The highest BCUT2D eigenvalue weighted by Gasteiger charge is 2.50. The fraction of sp³-hybridized carbons (Fsp3) is 0.549. The van der Waals surface area contributed by atoms with E-state index < -0.39 is 44.6 Å². The molecular weight excluding hydrogens is 831 g/mol. The highest BCUT2D eigenvalue weighted by Crippen LogP contribution is 2.55. The summed E-state index contributed by atoms with van der Waals surface area (Å²) >= 11 is 0. The second kappa shape index (κ2) is 17.8. The molecule has 3 aromatic rings. The van der Waals surface area contributed by atoms with Crippen molar-refractivity contribution in [3.63, 3.8) is 0 Å². The van der Waals surface area contributed by atoms with Crippen LogP contribution < -0.4 is 16.2 Å². The fourth-order valence-electron chi connectivity index (χ4n) is 12.7. The van der Waals surface area contributed by atoms with Crippen LogP contribution in [-0.4, -0.2) is 69.5 Å². The van der Waals surface area contributed by atoms with Crippen LogP contribution in [0.15, 0.2) is 77.3 Å². The summed E-state index contributed by atoms with van der Waals surface area (Å²) in [6.45, 7) is 1.95. The van der Waals surface area contributed by atoms with E-state index in [-0.39, 0.29) is 73.5 Å². The number of allylic oxidation sites excluding steroid dienone is 1. The lowest BCUT2D eigenvalue weighted by molar-refractivity contribution is -0.0605. The average molecular weight is 894 g/mol. The molecule has 0 aromatic heterocycles. The first-order valence-corrected chi connectivity index (χ1v) is 24.8. The van der Waals surface area contributed by atoms with Gasteiger partial charge in [0.25, 0.3) is 10.1 Å². The van der Waals surface area contributed by atoms with Gasteiger partial charge in [0.05, 0.1) is 17.0 Å². The van der Waals surface area contributed by atoms with Crippen molar-refractivity contribution in [3.05, 3.63) is 106 Å². The van der Waals surface area contributed by atoms with Crippen molar-refractivity contribution < 1.29 is 42.9 Å². The predicted octanol–water partition coefficient (Wildman–Crippen LogP) is 6.85.